The van der Waals surface area contributed by atoms with Crippen LogP contribution < -0.4 is 10.1 Å². The van der Waals surface area contributed by atoms with E-state index in [0.717, 1.165) is 31.4 Å². The molecule has 6 heteroatoms. The number of nitrogens with one attached hydrogen (secondary N) is 1. The Morgan fingerprint density at radius 3 is 2.57 bits per heavy atom. The molecule has 1 saturated heterocycles. The largest absolute Gasteiger partial charge is 0.482 e. The molecule has 1 aliphatic heterocycles. The first kappa shape index (κ1) is 17.1. The first-order valence-electron chi connectivity index (χ1n) is 7.87. The molecule has 23 heavy (non-hydrogen) atoms. The molecule has 0 aromatic heterocycles. The molecular weight excluding hydrogens is 296 g/mol. The quantitative estimate of drug-likeness (QED) is 0.843. The van der Waals surface area contributed by atoms with Crippen molar-refractivity contribution in [1.82, 2.24) is 10.2 Å². The van der Waals surface area contributed by atoms with Crippen molar-refractivity contribution in [3.05, 3.63) is 29.8 Å². The van der Waals surface area contributed by atoms with E-state index < -0.39 is 5.97 Å². The fourth-order valence-electron chi connectivity index (χ4n) is 2.79. The molecule has 0 spiro atoms. The highest BCUT2D eigenvalue weighted by Gasteiger charge is 2.35. The van der Waals surface area contributed by atoms with Gasteiger partial charge in [0.05, 0.1) is 0 Å². The summed E-state index contributed by atoms with van der Waals surface area (Å²) in [4.78, 5) is 24.5. The smallest absolute Gasteiger partial charge is 0.341 e. The van der Waals surface area contributed by atoms with E-state index in [-0.39, 0.29) is 18.2 Å². The van der Waals surface area contributed by atoms with Gasteiger partial charge < -0.3 is 20.1 Å². The first-order chi connectivity index (χ1) is 10.9. The van der Waals surface area contributed by atoms with Gasteiger partial charge in [0, 0.05) is 18.6 Å². The van der Waals surface area contributed by atoms with E-state index in [1.165, 1.54) is 0 Å². The van der Waals surface area contributed by atoms with Gasteiger partial charge in [-0.3, -0.25) is 0 Å². The van der Waals surface area contributed by atoms with Crippen LogP contribution in [0.2, 0.25) is 0 Å². The Bertz CT molecular complexity index is 554. The third kappa shape index (κ3) is 4.87. The van der Waals surface area contributed by atoms with Crippen molar-refractivity contribution >= 4 is 12.0 Å². The normalized spacial score (nSPS) is 16.2. The van der Waals surface area contributed by atoms with Crippen LogP contribution in [0.15, 0.2) is 24.3 Å². The zero-order valence-corrected chi connectivity index (χ0v) is 13.7. The summed E-state index contributed by atoms with van der Waals surface area (Å²) < 4.78 is 5.08. The highest BCUT2D eigenvalue weighted by atomic mass is 16.5. The standard InChI is InChI=1S/C17H24N2O4/c1-17(2)9-3-11-19(17)16(22)18-10-8-13-4-6-14(7-5-13)23-12-15(20)21/h4-7H,3,8-12H2,1-2H3,(H,18,22)(H,20,21). The Morgan fingerprint density at radius 1 is 1.30 bits per heavy atom. The molecule has 0 unspecified atom stereocenters. The topological polar surface area (TPSA) is 78.9 Å². The summed E-state index contributed by atoms with van der Waals surface area (Å²) in [5.41, 5.74) is 1.00. The van der Waals surface area contributed by atoms with Crippen LogP contribution in [0.4, 0.5) is 4.79 Å². The number of carboxylic acids is 1. The SMILES string of the molecule is CC1(C)CCCN1C(=O)NCCc1ccc(OCC(=O)O)cc1. The lowest BCUT2D eigenvalue weighted by atomic mass is 10.0. The monoisotopic (exact) mass is 320 g/mol. The van der Waals surface area contributed by atoms with Crippen LogP contribution in [0, 0.1) is 0 Å². The maximum Gasteiger partial charge on any atom is 0.341 e. The number of hydrogen-bond acceptors (Lipinski definition) is 3. The van der Waals surface area contributed by atoms with E-state index in [0.29, 0.717) is 12.3 Å². The third-order valence-electron chi connectivity index (χ3n) is 4.12. The van der Waals surface area contributed by atoms with Gasteiger partial charge in [-0.05, 0) is 50.8 Å². The summed E-state index contributed by atoms with van der Waals surface area (Å²) in [7, 11) is 0. The Balaban J connectivity index is 1.75. The van der Waals surface area contributed by atoms with Gasteiger partial charge in [-0.2, -0.15) is 0 Å². The fraction of sp³-hybridized carbons (Fsp3) is 0.529. The molecule has 0 atom stereocenters. The van der Waals surface area contributed by atoms with Crippen LogP contribution in [0.25, 0.3) is 0 Å². The number of amides is 2. The van der Waals surface area contributed by atoms with E-state index >= 15 is 0 Å². The van der Waals surface area contributed by atoms with Crippen LogP contribution in [-0.2, 0) is 11.2 Å². The minimum Gasteiger partial charge on any atom is -0.482 e. The number of ether oxygens (including phenoxy) is 1. The minimum atomic E-state index is -0.998. The van der Waals surface area contributed by atoms with Crippen LogP contribution in [-0.4, -0.2) is 47.2 Å². The summed E-state index contributed by atoms with van der Waals surface area (Å²) in [6.07, 6.45) is 2.82. The molecule has 1 aromatic rings. The van der Waals surface area contributed by atoms with Gasteiger partial charge in [0.1, 0.15) is 5.75 Å². The summed E-state index contributed by atoms with van der Waals surface area (Å²) >= 11 is 0. The molecule has 2 amide bonds. The van der Waals surface area contributed by atoms with Crippen molar-refractivity contribution < 1.29 is 19.4 Å². The molecule has 6 nitrogen and oxygen atoms in total. The fourth-order valence-corrected chi connectivity index (χ4v) is 2.79. The Hall–Kier alpha value is -2.24. The van der Waals surface area contributed by atoms with Crippen LogP contribution >= 0.6 is 0 Å². The number of urea groups is 1. The van der Waals surface area contributed by atoms with Crippen molar-refractivity contribution in [2.45, 2.75) is 38.6 Å². The van der Waals surface area contributed by atoms with Crippen molar-refractivity contribution in [3.8, 4) is 5.75 Å². The highest BCUT2D eigenvalue weighted by molar-refractivity contribution is 5.75. The predicted octanol–water partition coefficient (Wildman–Crippen LogP) is 2.28. The summed E-state index contributed by atoms with van der Waals surface area (Å²) in [6, 6.07) is 7.23. The lowest BCUT2D eigenvalue weighted by molar-refractivity contribution is -0.139. The lowest BCUT2D eigenvalue weighted by Gasteiger charge is -2.31. The van der Waals surface area contributed by atoms with Gasteiger partial charge >= 0.3 is 12.0 Å². The molecule has 0 saturated carbocycles. The number of carbonyl (C=O) groups excluding carboxylic acids is 1. The number of aliphatic carboxylic acids is 1. The first-order valence-corrected chi connectivity index (χ1v) is 7.87. The number of nitrogens with zero attached hydrogens (tertiary/aromatic N) is 1. The minimum absolute atomic E-state index is 0.00564. The molecule has 1 fully saturated rings. The predicted molar refractivity (Wildman–Crippen MR) is 86.7 cm³/mol. The zero-order chi connectivity index (χ0) is 16.9. The average molecular weight is 320 g/mol. The molecule has 2 N–H and O–H groups in total. The molecule has 1 heterocycles. The van der Waals surface area contributed by atoms with Crippen molar-refractivity contribution in [2.75, 3.05) is 19.7 Å². The van der Waals surface area contributed by atoms with Crippen LogP contribution in [0.5, 0.6) is 5.75 Å². The van der Waals surface area contributed by atoms with Crippen molar-refractivity contribution in [1.29, 1.82) is 0 Å². The van der Waals surface area contributed by atoms with Gasteiger partial charge in [0.15, 0.2) is 6.61 Å². The molecule has 2 rings (SSSR count). The Kier molecular flexibility index (Phi) is 5.47. The van der Waals surface area contributed by atoms with E-state index in [1.54, 1.807) is 12.1 Å². The summed E-state index contributed by atoms with van der Waals surface area (Å²) in [5.74, 6) is -0.472. The third-order valence-corrected chi connectivity index (χ3v) is 4.12. The zero-order valence-electron chi connectivity index (χ0n) is 13.7. The van der Waals surface area contributed by atoms with Crippen molar-refractivity contribution in [3.63, 3.8) is 0 Å². The van der Waals surface area contributed by atoms with Crippen LogP contribution in [0.1, 0.15) is 32.3 Å². The average Bonchev–Trinajstić information content (AvgIpc) is 2.85. The number of carbonyl (C=O) groups is 2. The Labute approximate surface area is 136 Å². The molecule has 1 aromatic carbocycles. The van der Waals surface area contributed by atoms with Gasteiger partial charge in [-0.15, -0.1) is 0 Å². The number of carboxylic acid groups (broad SMARTS) is 1. The van der Waals surface area contributed by atoms with Gasteiger partial charge in [0.25, 0.3) is 0 Å². The maximum absolute atomic E-state index is 12.2. The number of likely N-dealkylation sites (tertiary alicyclic amines) is 1. The molecule has 0 aliphatic carbocycles. The van der Waals surface area contributed by atoms with Crippen molar-refractivity contribution in [2.24, 2.45) is 0 Å². The van der Waals surface area contributed by atoms with Gasteiger partial charge in [0.2, 0.25) is 0 Å². The second-order valence-electron chi connectivity index (χ2n) is 6.38. The van der Waals surface area contributed by atoms with E-state index in [1.807, 2.05) is 17.0 Å². The highest BCUT2D eigenvalue weighted by Crippen LogP contribution is 2.27. The summed E-state index contributed by atoms with van der Waals surface area (Å²) in [6.45, 7) is 5.22. The summed E-state index contributed by atoms with van der Waals surface area (Å²) in [5, 5.41) is 11.5. The number of rotatable bonds is 6. The number of hydrogen-bond donors (Lipinski definition) is 2. The molecular formula is C17H24N2O4. The molecule has 1 aliphatic rings. The Morgan fingerprint density at radius 2 is 2.00 bits per heavy atom. The molecule has 0 bridgehead atoms. The van der Waals surface area contributed by atoms with E-state index in [2.05, 4.69) is 19.2 Å². The second kappa shape index (κ2) is 7.35. The van der Waals surface area contributed by atoms with E-state index in [4.69, 9.17) is 9.84 Å². The van der Waals surface area contributed by atoms with Gasteiger partial charge in [-0.25, -0.2) is 9.59 Å². The molecule has 0 radical (unpaired) electrons. The second-order valence-corrected chi connectivity index (χ2v) is 6.38. The van der Waals surface area contributed by atoms with Gasteiger partial charge in [-0.1, -0.05) is 12.1 Å². The maximum atomic E-state index is 12.2. The van der Waals surface area contributed by atoms with E-state index in [9.17, 15) is 9.59 Å². The lowest BCUT2D eigenvalue weighted by Crippen LogP contribution is -2.48. The van der Waals surface area contributed by atoms with Crippen LogP contribution in [0.3, 0.4) is 0 Å². The molecule has 126 valence electrons. The number of benzene rings is 1.